The van der Waals surface area contributed by atoms with E-state index in [1.807, 2.05) is 63.2 Å². The van der Waals surface area contributed by atoms with Crippen LogP contribution >= 0.6 is 0 Å². The van der Waals surface area contributed by atoms with Crippen LogP contribution < -0.4 is 10.2 Å². The lowest BCUT2D eigenvalue weighted by atomic mass is 10.1. The van der Waals surface area contributed by atoms with Crippen molar-refractivity contribution in [3.8, 4) is 0 Å². The number of pyridine rings is 1. The highest BCUT2D eigenvalue weighted by molar-refractivity contribution is 6.04. The number of amides is 1. The van der Waals surface area contributed by atoms with Crippen LogP contribution in [0.3, 0.4) is 0 Å². The first kappa shape index (κ1) is 14.1. The first-order valence-electron chi connectivity index (χ1n) is 6.49. The van der Waals surface area contributed by atoms with Gasteiger partial charge in [-0.1, -0.05) is 6.07 Å². The average molecular weight is 269 g/mol. The molecule has 1 aromatic carbocycles. The van der Waals surface area contributed by atoms with E-state index in [2.05, 4.69) is 10.3 Å². The number of hydrogen-bond donors (Lipinski definition) is 1. The van der Waals surface area contributed by atoms with Crippen LogP contribution in [-0.2, 0) is 0 Å². The van der Waals surface area contributed by atoms with Crippen molar-refractivity contribution < 1.29 is 4.79 Å². The molecule has 0 aliphatic rings. The predicted octanol–water partition coefficient (Wildman–Crippen LogP) is 3.02. The second-order valence-corrected chi connectivity index (χ2v) is 5.05. The van der Waals surface area contributed by atoms with E-state index in [-0.39, 0.29) is 5.91 Å². The molecule has 20 heavy (non-hydrogen) atoms. The lowest BCUT2D eigenvalue weighted by molar-refractivity contribution is 0.102. The Labute approximate surface area is 119 Å². The summed E-state index contributed by atoms with van der Waals surface area (Å²) in [6.07, 6.45) is 1.66. The Morgan fingerprint density at radius 1 is 1.10 bits per heavy atom. The number of carbonyl (C=O) groups is 1. The van der Waals surface area contributed by atoms with Gasteiger partial charge in [-0.2, -0.15) is 0 Å². The molecule has 1 amide bonds. The maximum Gasteiger partial charge on any atom is 0.255 e. The molecule has 0 spiro atoms. The third-order valence-corrected chi connectivity index (χ3v) is 3.23. The van der Waals surface area contributed by atoms with Crippen LogP contribution in [0.15, 0.2) is 36.5 Å². The molecule has 0 aliphatic heterocycles. The molecule has 2 rings (SSSR count). The molecule has 1 heterocycles. The Morgan fingerprint density at radius 3 is 2.40 bits per heavy atom. The fraction of sp³-hybridized carbons (Fsp3) is 0.250. The second-order valence-electron chi connectivity index (χ2n) is 5.05. The third kappa shape index (κ3) is 3.15. The average Bonchev–Trinajstić information content (AvgIpc) is 2.42. The van der Waals surface area contributed by atoms with E-state index in [9.17, 15) is 4.79 Å². The standard InChI is InChI=1S/C16H19N3O/c1-11-5-6-13(9-12(11)2)16(20)18-14-7-8-15(17-10-14)19(3)4/h5-10H,1-4H3,(H,18,20). The summed E-state index contributed by atoms with van der Waals surface area (Å²) < 4.78 is 0. The number of carbonyl (C=O) groups excluding carboxylic acids is 1. The quantitative estimate of drug-likeness (QED) is 0.931. The van der Waals surface area contributed by atoms with Crippen LogP contribution in [0.5, 0.6) is 0 Å². The van der Waals surface area contributed by atoms with Crippen LogP contribution in [0.2, 0.25) is 0 Å². The van der Waals surface area contributed by atoms with Gasteiger partial charge in [0.2, 0.25) is 0 Å². The summed E-state index contributed by atoms with van der Waals surface area (Å²) in [5.74, 6) is 0.738. The minimum Gasteiger partial charge on any atom is -0.363 e. The molecular formula is C16H19N3O. The van der Waals surface area contributed by atoms with Gasteiger partial charge in [-0.25, -0.2) is 4.98 Å². The molecule has 2 aromatic rings. The fourth-order valence-corrected chi connectivity index (χ4v) is 1.81. The number of anilines is 2. The van der Waals surface area contributed by atoms with Crippen LogP contribution in [0.1, 0.15) is 21.5 Å². The molecule has 104 valence electrons. The molecule has 4 nitrogen and oxygen atoms in total. The summed E-state index contributed by atoms with van der Waals surface area (Å²) in [6.45, 7) is 4.03. The molecule has 0 atom stereocenters. The first-order chi connectivity index (χ1) is 9.47. The summed E-state index contributed by atoms with van der Waals surface area (Å²) in [5.41, 5.74) is 3.64. The lowest BCUT2D eigenvalue weighted by Gasteiger charge is -2.12. The van der Waals surface area contributed by atoms with Crippen molar-refractivity contribution in [1.82, 2.24) is 4.98 Å². The summed E-state index contributed by atoms with van der Waals surface area (Å²) in [5, 5.41) is 2.85. The van der Waals surface area contributed by atoms with E-state index in [1.54, 1.807) is 6.20 Å². The van der Waals surface area contributed by atoms with Crippen molar-refractivity contribution >= 4 is 17.4 Å². The number of benzene rings is 1. The number of nitrogens with one attached hydrogen (secondary N) is 1. The van der Waals surface area contributed by atoms with Crippen molar-refractivity contribution in [2.24, 2.45) is 0 Å². The molecule has 1 aromatic heterocycles. The molecule has 0 aliphatic carbocycles. The summed E-state index contributed by atoms with van der Waals surface area (Å²) >= 11 is 0. The monoisotopic (exact) mass is 269 g/mol. The topological polar surface area (TPSA) is 45.2 Å². The minimum atomic E-state index is -0.118. The van der Waals surface area contributed by atoms with Crippen molar-refractivity contribution in [3.05, 3.63) is 53.2 Å². The molecular weight excluding hydrogens is 250 g/mol. The molecule has 0 unspecified atom stereocenters. The number of hydrogen-bond acceptors (Lipinski definition) is 3. The lowest BCUT2D eigenvalue weighted by Crippen LogP contribution is -2.14. The van der Waals surface area contributed by atoms with Gasteiger partial charge in [0, 0.05) is 19.7 Å². The smallest absolute Gasteiger partial charge is 0.255 e. The highest BCUT2D eigenvalue weighted by atomic mass is 16.1. The van der Waals surface area contributed by atoms with Gasteiger partial charge in [-0.3, -0.25) is 4.79 Å². The maximum atomic E-state index is 12.1. The summed E-state index contributed by atoms with van der Waals surface area (Å²) in [7, 11) is 3.85. The Balaban J connectivity index is 2.12. The zero-order chi connectivity index (χ0) is 14.7. The number of aryl methyl sites for hydroxylation is 2. The number of aromatic nitrogens is 1. The molecule has 4 heteroatoms. The largest absolute Gasteiger partial charge is 0.363 e. The van der Waals surface area contributed by atoms with E-state index in [0.717, 1.165) is 11.4 Å². The predicted molar refractivity (Wildman–Crippen MR) is 82.4 cm³/mol. The van der Waals surface area contributed by atoms with Gasteiger partial charge >= 0.3 is 0 Å². The Morgan fingerprint density at radius 2 is 1.85 bits per heavy atom. The van der Waals surface area contributed by atoms with E-state index >= 15 is 0 Å². The van der Waals surface area contributed by atoms with Crippen molar-refractivity contribution in [2.75, 3.05) is 24.3 Å². The van der Waals surface area contributed by atoms with Gasteiger partial charge in [-0.15, -0.1) is 0 Å². The highest BCUT2D eigenvalue weighted by Crippen LogP contribution is 2.14. The summed E-state index contributed by atoms with van der Waals surface area (Å²) in [4.78, 5) is 18.3. The van der Waals surface area contributed by atoms with Gasteiger partial charge in [-0.05, 0) is 49.2 Å². The van der Waals surface area contributed by atoms with Crippen LogP contribution in [0.25, 0.3) is 0 Å². The maximum absolute atomic E-state index is 12.1. The molecule has 0 bridgehead atoms. The minimum absolute atomic E-state index is 0.118. The van der Waals surface area contributed by atoms with E-state index < -0.39 is 0 Å². The summed E-state index contributed by atoms with van der Waals surface area (Å²) in [6, 6.07) is 9.40. The first-order valence-corrected chi connectivity index (χ1v) is 6.49. The van der Waals surface area contributed by atoms with Crippen LogP contribution in [0.4, 0.5) is 11.5 Å². The van der Waals surface area contributed by atoms with E-state index in [4.69, 9.17) is 0 Å². The number of rotatable bonds is 3. The van der Waals surface area contributed by atoms with Gasteiger partial charge < -0.3 is 10.2 Å². The fourth-order valence-electron chi connectivity index (χ4n) is 1.81. The van der Waals surface area contributed by atoms with Crippen molar-refractivity contribution in [2.45, 2.75) is 13.8 Å². The third-order valence-electron chi connectivity index (χ3n) is 3.23. The molecule has 0 saturated heterocycles. The van der Waals surface area contributed by atoms with Gasteiger partial charge in [0.25, 0.3) is 5.91 Å². The normalized spacial score (nSPS) is 10.2. The zero-order valence-corrected chi connectivity index (χ0v) is 12.3. The van der Waals surface area contributed by atoms with E-state index in [1.165, 1.54) is 5.56 Å². The van der Waals surface area contributed by atoms with Crippen molar-refractivity contribution in [1.29, 1.82) is 0 Å². The Bertz CT molecular complexity index is 618. The van der Waals surface area contributed by atoms with Gasteiger partial charge in [0.1, 0.15) is 5.82 Å². The van der Waals surface area contributed by atoms with Gasteiger partial charge in [0.05, 0.1) is 11.9 Å². The van der Waals surface area contributed by atoms with Crippen molar-refractivity contribution in [3.63, 3.8) is 0 Å². The van der Waals surface area contributed by atoms with Crippen LogP contribution in [-0.4, -0.2) is 25.0 Å². The molecule has 0 radical (unpaired) electrons. The molecule has 1 N–H and O–H groups in total. The Hall–Kier alpha value is -2.36. The second kappa shape index (κ2) is 5.74. The molecule has 0 saturated carbocycles. The van der Waals surface area contributed by atoms with Crippen LogP contribution in [0, 0.1) is 13.8 Å². The van der Waals surface area contributed by atoms with Gasteiger partial charge in [0.15, 0.2) is 0 Å². The SMILES string of the molecule is Cc1ccc(C(=O)Nc2ccc(N(C)C)nc2)cc1C. The Kier molecular flexibility index (Phi) is 4.03. The zero-order valence-electron chi connectivity index (χ0n) is 12.3. The highest BCUT2D eigenvalue weighted by Gasteiger charge is 2.07. The molecule has 0 fully saturated rings. The van der Waals surface area contributed by atoms with E-state index in [0.29, 0.717) is 11.3 Å². The number of nitrogens with zero attached hydrogens (tertiary/aromatic N) is 2.